The molecule has 0 unspecified atom stereocenters. The van der Waals surface area contributed by atoms with E-state index in [2.05, 4.69) is 38.5 Å². The number of hydrogen-bond acceptors (Lipinski definition) is 4. The predicted molar refractivity (Wildman–Crippen MR) is 107 cm³/mol. The topological polar surface area (TPSA) is 69.0 Å². The van der Waals surface area contributed by atoms with E-state index in [-0.39, 0.29) is 5.91 Å². The molecule has 0 bridgehead atoms. The summed E-state index contributed by atoms with van der Waals surface area (Å²) in [5.41, 5.74) is 2.86. The van der Waals surface area contributed by atoms with Crippen molar-refractivity contribution in [3.05, 3.63) is 70.0 Å². The van der Waals surface area contributed by atoms with Crippen molar-refractivity contribution in [3.63, 3.8) is 0 Å². The van der Waals surface area contributed by atoms with E-state index >= 15 is 0 Å². The van der Waals surface area contributed by atoms with Gasteiger partial charge in [-0.15, -0.1) is 5.10 Å². The molecule has 0 radical (unpaired) electrons. The summed E-state index contributed by atoms with van der Waals surface area (Å²) in [6.07, 6.45) is 0.970. The van der Waals surface area contributed by atoms with Crippen LogP contribution in [-0.2, 0) is 6.54 Å². The Kier molecular flexibility index (Phi) is 6.24. The third kappa shape index (κ3) is 4.74. The fourth-order valence-electron chi connectivity index (χ4n) is 2.56. The highest BCUT2D eigenvalue weighted by Crippen LogP contribution is 2.16. The Hall–Kier alpha value is -2.67. The Balaban J connectivity index is 1.64. The summed E-state index contributed by atoms with van der Waals surface area (Å²) in [6.45, 7) is 5.01. The second-order valence-corrected chi connectivity index (χ2v) is 7.00. The third-order valence-electron chi connectivity index (χ3n) is 4.03. The molecule has 0 spiro atoms. The molecule has 3 rings (SSSR count). The molecule has 3 aromatic rings. The van der Waals surface area contributed by atoms with E-state index in [1.165, 1.54) is 0 Å². The van der Waals surface area contributed by atoms with Gasteiger partial charge in [0.1, 0.15) is 5.75 Å². The molecule has 0 aliphatic rings. The van der Waals surface area contributed by atoms with Gasteiger partial charge in [0.25, 0.3) is 5.91 Å². The Morgan fingerprint density at radius 1 is 1.15 bits per heavy atom. The first-order chi connectivity index (χ1) is 13.1. The van der Waals surface area contributed by atoms with Gasteiger partial charge in [-0.05, 0) is 55.3 Å². The number of amides is 1. The summed E-state index contributed by atoms with van der Waals surface area (Å²) in [4.78, 5) is 12.5. The number of nitrogens with one attached hydrogen (secondary N) is 1. The molecule has 6 nitrogen and oxygen atoms in total. The lowest BCUT2D eigenvalue weighted by atomic mass is 10.2. The Morgan fingerprint density at radius 2 is 1.85 bits per heavy atom. The molecule has 0 atom stereocenters. The van der Waals surface area contributed by atoms with Crippen LogP contribution in [0.25, 0.3) is 5.69 Å². The molecule has 140 valence electrons. The zero-order valence-corrected chi connectivity index (χ0v) is 16.9. The van der Waals surface area contributed by atoms with Crippen LogP contribution in [0.15, 0.2) is 53.0 Å². The first-order valence-corrected chi connectivity index (χ1v) is 9.56. The highest BCUT2D eigenvalue weighted by atomic mass is 79.9. The quantitative estimate of drug-likeness (QED) is 0.615. The fourth-order valence-corrected chi connectivity index (χ4v) is 2.82. The van der Waals surface area contributed by atoms with Gasteiger partial charge < -0.3 is 10.1 Å². The number of carbonyl (C=O) groups excluding carboxylic acids is 1. The highest BCUT2D eigenvalue weighted by Gasteiger charge is 2.17. The maximum absolute atomic E-state index is 12.5. The van der Waals surface area contributed by atoms with Gasteiger partial charge in [0, 0.05) is 11.0 Å². The number of ether oxygens (including phenoxy) is 1. The van der Waals surface area contributed by atoms with Crippen LogP contribution in [0.2, 0.25) is 0 Å². The molecule has 0 fully saturated rings. The van der Waals surface area contributed by atoms with E-state index in [4.69, 9.17) is 4.74 Å². The minimum absolute atomic E-state index is 0.248. The van der Waals surface area contributed by atoms with Gasteiger partial charge in [0.15, 0.2) is 5.69 Å². The molecule has 2 aromatic carbocycles. The van der Waals surface area contributed by atoms with Crippen molar-refractivity contribution < 1.29 is 9.53 Å². The van der Waals surface area contributed by atoms with Crippen LogP contribution in [0.5, 0.6) is 5.75 Å². The zero-order chi connectivity index (χ0) is 19.2. The molecule has 1 heterocycles. The molecular formula is C20H21BrN4O2. The van der Waals surface area contributed by atoms with Gasteiger partial charge in [0.05, 0.1) is 18.0 Å². The summed E-state index contributed by atoms with van der Waals surface area (Å²) in [6, 6.07) is 15.4. The van der Waals surface area contributed by atoms with Crippen molar-refractivity contribution in [1.82, 2.24) is 20.3 Å². The van der Waals surface area contributed by atoms with Crippen LogP contribution in [0, 0.1) is 6.92 Å². The van der Waals surface area contributed by atoms with Gasteiger partial charge in [-0.1, -0.05) is 40.2 Å². The average molecular weight is 429 g/mol. The minimum atomic E-state index is -0.248. The molecule has 0 saturated carbocycles. The van der Waals surface area contributed by atoms with Crippen LogP contribution in [0.4, 0.5) is 0 Å². The van der Waals surface area contributed by atoms with E-state index in [1.54, 1.807) is 4.68 Å². The second-order valence-electron chi connectivity index (χ2n) is 6.09. The molecule has 1 N–H and O–H groups in total. The Morgan fingerprint density at radius 3 is 2.52 bits per heavy atom. The van der Waals surface area contributed by atoms with Crippen molar-refractivity contribution in [2.75, 3.05) is 6.61 Å². The average Bonchev–Trinajstić information content (AvgIpc) is 3.07. The molecule has 1 amide bonds. The second kappa shape index (κ2) is 8.81. The van der Waals surface area contributed by atoms with Crippen LogP contribution < -0.4 is 10.1 Å². The van der Waals surface area contributed by atoms with Crippen molar-refractivity contribution in [1.29, 1.82) is 0 Å². The van der Waals surface area contributed by atoms with Gasteiger partial charge in [-0.25, -0.2) is 4.68 Å². The monoisotopic (exact) mass is 428 g/mol. The van der Waals surface area contributed by atoms with Crippen LogP contribution in [-0.4, -0.2) is 27.5 Å². The van der Waals surface area contributed by atoms with E-state index in [9.17, 15) is 4.79 Å². The lowest BCUT2D eigenvalue weighted by molar-refractivity contribution is 0.0945. The lowest BCUT2D eigenvalue weighted by Gasteiger charge is -2.07. The van der Waals surface area contributed by atoms with E-state index < -0.39 is 0 Å². The first-order valence-electron chi connectivity index (χ1n) is 8.76. The molecule has 1 aromatic heterocycles. The first kappa shape index (κ1) is 19.1. The Labute approximate surface area is 166 Å². The normalized spacial score (nSPS) is 10.6. The van der Waals surface area contributed by atoms with Crippen molar-refractivity contribution in [3.8, 4) is 11.4 Å². The molecular weight excluding hydrogens is 408 g/mol. The Bertz CT molecular complexity index is 905. The number of benzene rings is 2. The largest absolute Gasteiger partial charge is 0.494 e. The molecule has 0 aliphatic heterocycles. The summed E-state index contributed by atoms with van der Waals surface area (Å²) in [5.74, 6) is 0.586. The van der Waals surface area contributed by atoms with Gasteiger partial charge in [-0.3, -0.25) is 4.79 Å². The maximum Gasteiger partial charge on any atom is 0.274 e. The molecule has 0 saturated heterocycles. The van der Waals surface area contributed by atoms with Crippen molar-refractivity contribution >= 4 is 21.8 Å². The molecule has 0 aliphatic carbocycles. The minimum Gasteiger partial charge on any atom is -0.494 e. The summed E-state index contributed by atoms with van der Waals surface area (Å²) in [7, 11) is 0. The van der Waals surface area contributed by atoms with Gasteiger partial charge >= 0.3 is 0 Å². The summed E-state index contributed by atoms with van der Waals surface area (Å²) in [5, 5.41) is 11.0. The lowest BCUT2D eigenvalue weighted by Crippen LogP contribution is -2.24. The number of aromatic nitrogens is 3. The number of halogens is 1. The SMILES string of the molecule is CCCOc1ccc(CNC(=O)c2nnn(-c3ccc(Br)cc3)c2C)cc1. The number of carbonyl (C=O) groups is 1. The molecule has 7 heteroatoms. The zero-order valence-electron chi connectivity index (χ0n) is 15.3. The van der Waals surface area contributed by atoms with Gasteiger partial charge in [-0.2, -0.15) is 0 Å². The number of nitrogens with zero attached hydrogens (tertiary/aromatic N) is 3. The van der Waals surface area contributed by atoms with Crippen molar-refractivity contribution in [2.24, 2.45) is 0 Å². The van der Waals surface area contributed by atoms with Crippen LogP contribution in [0.1, 0.15) is 35.1 Å². The van der Waals surface area contributed by atoms with Gasteiger partial charge in [0.2, 0.25) is 0 Å². The van der Waals surface area contributed by atoms with Crippen LogP contribution in [0.3, 0.4) is 0 Å². The third-order valence-corrected chi connectivity index (χ3v) is 4.56. The van der Waals surface area contributed by atoms with E-state index in [1.807, 2.05) is 55.5 Å². The maximum atomic E-state index is 12.5. The number of rotatable bonds is 7. The highest BCUT2D eigenvalue weighted by molar-refractivity contribution is 9.10. The number of hydrogen-bond donors (Lipinski definition) is 1. The predicted octanol–water partition coefficient (Wildman–Crippen LogP) is 4.06. The smallest absolute Gasteiger partial charge is 0.274 e. The fraction of sp³-hybridized carbons (Fsp3) is 0.250. The van der Waals surface area contributed by atoms with E-state index in [0.717, 1.165) is 27.9 Å². The van der Waals surface area contributed by atoms with E-state index in [0.29, 0.717) is 24.5 Å². The standard InChI is InChI=1S/C20H21BrN4O2/c1-3-12-27-18-10-4-15(5-11-18)13-22-20(26)19-14(2)25(24-23-19)17-8-6-16(21)7-9-17/h4-11H,3,12-13H2,1-2H3,(H,22,26). The summed E-state index contributed by atoms with van der Waals surface area (Å²) >= 11 is 3.41. The summed E-state index contributed by atoms with van der Waals surface area (Å²) < 4.78 is 8.20. The van der Waals surface area contributed by atoms with Crippen molar-refractivity contribution in [2.45, 2.75) is 26.8 Å². The molecule has 27 heavy (non-hydrogen) atoms. The van der Waals surface area contributed by atoms with Crippen LogP contribution >= 0.6 is 15.9 Å².